The van der Waals surface area contributed by atoms with E-state index in [4.69, 9.17) is 0 Å². The predicted octanol–water partition coefficient (Wildman–Crippen LogP) is 9.51. The molecule has 1 aromatic heterocycles. The molecule has 35 heavy (non-hydrogen) atoms. The third-order valence-electron chi connectivity index (χ3n) is 6.41. The number of rotatable bonds is 4. The van der Waals surface area contributed by atoms with Crippen molar-refractivity contribution in [3.8, 4) is 44.6 Å². The fourth-order valence-electron chi connectivity index (χ4n) is 4.47. The quantitative estimate of drug-likeness (QED) is 0.196. The van der Waals surface area contributed by atoms with Crippen LogP contribution in [0.25, 0.3) is 55.4 Å². The Morgan fingerprint density at radius 3 is 1.37 bits per heavy atom. The number of nitrogens with zero attached hydrogens (tertiary/aromatic N) is 1. The van der Waals surface area contributed by atoms with Crippen molar-refractivity contribution in [1.29, 1.82) is 0 Å². The highest BCUT2D eigenvalue weighted by molar-refractivity contribution is 14.1. The molecule has 0 bridgehead atoms. The molecule has 0 radical (unpaired) electrons. The Kier molecular flexibility index (Phi) is 5.89. The van der Waals surface area contributed by atoms with E-state index in [9.17, 15) is 0 Å². The predicted molar refractivity (Wildman–Crippen MR) is 156 cm³/mol. The average Bonchev–Trinajstić information content (AvgIpc) is 2.93. The Balaban J connectivity index is 1.30. The first kappa shape index (κ1) is 21.8. The van der Waals surface area contributed by atoms with E-state index < -0.39 is 0 Å². The zero-order valence-corrected chi connectivity index (χ0v) is 21.2. The van der Waals surface area contributed by atoms with Crippen LogP contribution in [0.5, 0.6) is 0 Å². The molecule has 0 saturated carbocycles. The number of benzene rings is 5. The maximum absolute atomic E-state index is 4.46. The maximum Gasteiger partial charge on any atom is 0.0701 e. The van der Waals surface area contributed by atoms with Gasteiger partial charge in [0.2, 0.25) is 0 Å². The first-order valence-electron chi connectivity index (χ1n) is 11.6. The van der Waals surface area contributed by atoms with Crippen molar-refractivity contribution >= 4 is 33.4 Å². The van der Waals surface area contributed by atoms with Gasteiger partial charge in [0.25, 0.3) is 0 Å². The minimum Gasteiger partial charge on any atom is -0.256 e. The number of pyridine rings is 1. The van der Waals surface area contributed by atoms with Crippen LogP contribution in [0.15, 0.2) is 134 Å². The first-order valence-corrected chi connectivity index (χ1v) is 12.7. The first-order chi connectivity index (χ1) is 17.2. The fourth-order valence-corrected chi connectivity index (χ4v) is 4.83. The van der Waals surface area contributed by atoms with E-state index in [1.807, 2.05) is 24.4 Å². The van der Waals surface area contributed by atoms with Crippen LogP contribution in [0, 0.1) is 3.57 Å². The third kappa shape index (κ3) is 4.62. The molecule has 0 saturated heterocycles. The average molecular weight is 559 g/mol. The number of hydrogen-bond donors (Lipinski definition) is 0. The normalized spacial score (nSPS) is 11.0. The van der Waals surface area contributed by atoms with Crippen molar-refractivity contribution in [3.05, 3.63) is 137 Å². The van der Waals surface area contributed by atoms with Gasteiger partial charge in [0.1, 0.15) is 0 Å². The molecule has 1 nitrogen and oxygen atoms in total. The molecule has 0 atom stereocenters. The molecule has 0 aliphatic carbocycles. The van der Waals surface area contributed by atoms with Crippen molar-refractivity contribution in [1.82, 2.24) is 4.98 Å². The van der Waals surface area contributed by atoms with E-state index in [0.717, 1.165) is 11.3 Å². The Morgan fingerprint density at radius 1 is 0.400 bits per heavy atom. The second kappa shape index (κ2) is 9.47. The van der Waals surface area contributed by atoms with Crippen molar-refractivity contribution in [2.24, 2.45) is 0 Å². The van der Waals surface area contributed by atoms with Crippen LogP contribution >= 0.6 is 22.6 Å². The highest BCUT2D eigenvalue weighted by atomic mass is 127. The van der Waals surface area contributed by atoms with E-state index in [2.05, 4.69) is 137 Å². The molecule has 5 aromatic carbocycles. The van der Waals surface area contributed by atoms with Gasteiger partial charge in [0.15, 0.2) is 0 Å². The van der Waals surface area contributed by atoms with Crippen LogP contribution in [-0.2, 0) is 0 Å². The van der Waals surface area contributed by atoms with Crippen LogP contribution in [-0.4, -0.2) is 4.98 Å². The molecule has 6 aromatic rings. The fraction of sp³-hybridized carbons (Fsp3) is 0. The molecule has 0 amide bonds. The molecule has 0 aliphatic heterocycles. The zero-order valence-electron chi connectivity index (χ0n) is 19.0. The lowest BCUT2D eigenvalue weighted by Gasteiger charge is -2.09. The van der Waals surface area contributed by atoms with Gasteiger partial charge in [-0.3, -0.25) is 4.98 Å². The number of halogens is 1. The third-order valence-corrected chi connectivity index (χ3v) is 7.13. The van der Waals surface area contributed by atoms with Gasteiger partial charge < -0.3 is 0 Å². The Morgan fingerprint density at radius 2 is 0.857 bits per heavy atom. The van der Waals surface area contributed by atoms with Crippen molar-refractivity contribution in [2.45, 2.75) is 0 Å². The number of aromatic nitrogens is 1. The van der Waals surface area contributed by atoms with Crippen LogP contribution in [0.2, 0.25) is 0 Å². The van der Waals surface area contributed by atoms with E-state index in [1.54, 1.807) is 0 Å². The summed E-state index contributed by atoms with van der Waals surface area (Å²) in [6, 6.07) is 45.6. The number of hydrogen-bond acceptors (Lipinski definition) is 1. The largest absolute Gasteiger partial charge is 0.256 e. The Labute approximate surface area is 219 Å². The van der Waals surface area contributed by atoms with E-state index in [-0.39, 0.29) is 0 Å². The van der Waals surface area contributed by atoms with Crippen LogP contribution < -0.4 is 0 Å². The van der Waals surface area contributed by atoms with Gasteiger partial charge in [-0.15, -0.1) is 0 Å². The monoisotopic (exact) mass is 559 g/mol. The van der Waals surface area contributed by atoms with Crippen molar-refractivity contribution in [3.63, 3.8) is 0 Å². The minimum atomic E-state index is 0.996. The molecule has 166 valence electrons. The molecule has 2 heteroatoms. The smallest absolute Gasteiger partial charge is 0.0701 e. The maximum atomic E-state index is 4.46. The van der Waals surface area contributed by atoms with Gasteiger partial charge in [-0.25, -0.2) is 0 Å². The van der Waals surface area contributed by atoms with Crippen LogP contribution in [0.1, 0.15) is 0 Å². The summed E-state index contributed by atoms with van der Waals surface area (Å²) >= 11 is 2.34. The summed E-state index contributed by atoms with van der Waals surface area (Å²) < 4.78 is 1.25. The molecular weight excluding hydrogens is 537 g/mol. The van der Waals surface area contributed by atoms with E-state index in [0.29, 0.717) is 0 Å². The summed E-state index contributed by atoms with van der Waals surface area (Å²) in [6.07, 6.45) is 1.83. The summed E-state index contributed by atoms with van der Waals surface area (Å²) in [7, 11) is 0. The molecule has 0 N–H and O–H groups in total. The Hall–Kier alpha value is -3.76. The molecule has 0 spiro atoms. The van der Waals surface area contributed by atoms with Crippen molar-refractivity contribution in [2.75, 3.05) is 0 Å². The second-order valence-electron chi connectivity index (χ2n) is 8.65. The highest BCUT2D eigenvalue weighted by Gasteiger charge is 2.05. The summed E-state index contributed by atoms with van der Waals surface area (Å²) in [6.45, 7) is 0. The lowest BCUT2D eigenvalue weighted by Crippen LogP contribution is -1.84. The van der Waals surface area contributed by atoms with E-state index >= 15 is 0 Å². The summed E-state index contributed by atoms with van der Waals surface area (Å²) in [5.41, 5.74) is 9.49. The standard InChI is InChI=1S/C33H22IN/c34-32-18-16-24(17-19-32)23-4-6-25(7-5-23)29-14-10-27-11-15-30(22-31(27)21-29)26-8-12-28(13-9-26)33-3-1-2-20-35-33/h1-22H. The van der Waals surface area contributed by atoms with Gasteiger partial charge in [0, 0.05) is 15.3 Å². The van der Waals surface area contributed by atoms with Gasteiger partial charge in [-0.1, -0.05) is 91.0 Å². The molecule has 6 rings (SSSR count). The lowest BCUT2D eigenvalue weighted by atomic mass is 9.96. The molecular formula is C33H22IN. The summed E-state index contributed by atoms with van der Waals surface area (Å²) in [4.78, 5) is 4.46. The summed E-state index contributed by atoms with van der Waals surface area (Å²) in [5, 5.41) is 2.49. The zero-order chi connectivity index (χ0) is 23.6. The highest BCUT2D eigenvalue weighted by Crippen LogP contribution is 2.31. The molecule has 0 unspecified atom stereocenters. The molecule has 0 aliphatic rings. The van der Waals surface area contributed by atoms with Gasteiger partial charge in [-0.05, 0) is 103 Å². The SMILES string of the molecule is Ic1ccc(-c2ccc(-c3ccc4ccc(-c5ccc(-c6ccccn6)cc5)cc4c3)cc2)cc1. The van der Waals surface area contributed by atoms with Crippen molar-refractivity contribution < 1.29 is 0 Å². The van der Waals surface area contributed by atoms with E-state index in [1.165, 1.54) is 47.7 Å². The van der Waals surface area contributed by atoms with Crippen LogP contribution in [0.3, 0.4) is 0 Å². The molecule has 1 heterocycles. The summed E-state index contributed by atoms with van der Waals surface area (Å²) in [5.74, 6) is 0. The topological polar surface area (TPSA) is 12.9 Å². The molecule has 0 fully saturated rings. The van der Waals surface area contributed by atoms with Gasteiger partial charge >= 0.3 is 0 Å². The minimum absolute atomic E-state index is 0.996. The van der Waals surface area contributed by atoms with Gasteiger partial charge in [-0.2, -0.15) is 0 Å². The van der Waals surface area contributed by atoms with Crippen LogP contribution in [0.4, 0.5) is 0 Å². The Bertz CT molecular complexity index is 1600. The van der Waals surface area contributed by atoms with Gasteiger partial charge in [0.05, 0.1) is 5.69 Å². The number of fused-ring (bicyclic) bond motifs is 1. The lowest BCUT2D eigenvalue weighted by molar-refractivity contribution is 1.33. The second-order valence-corrected chi connectivity index (χ2v) is 9.90.